The van der Waals surface area contributed by atoms with Crippen LogP contribution in [0.5, 0.6) is 0 Å². The predicted molar refractivity (Wildman–Crippen MR) is 68.6 cm³/mol. The molecule has 2 N–H and O–H groups in total. The zero-order valence-electron chi connectivity index (χ0n) is 10.6. The van der Waals surface area contributed by atoms with Crippen molar-refractivity contribution in [1.82, 2.24) is 5.32 Å². The van der Waals surface area contributed by atoms with E-state index in [0.717, 1.165) is 31.7 Å². The standard InChI is InChI=1S/C14H19NO3/c1-10-13(6-7-18-10)9-15-8-11-2-4-12(5-3-11)14(16)17/h2-5,10,13,15H,6-9H2,1H3,(H,16,17). The Balaban J connectivity index is 1.78. The van der Waals surface area contributed by atoms with Gasteiger partial charge in [0.2, 0.25) is 0 Å². The van der Waals surface area contributed by atoms with Gasteiger partial charge in [-0.3, -0.25) is 0 Å². The van der Waals surface area contributed by atoms with Gasteiger partial charge < -0.3 is 15.2 Å². The number of ether oxygens (including phenoxy) is 1. The second-order valence-electron chi connectivity index (χ2n) is 4.76. The lowest BCUT2D eigenvalue weighted by Gasteiger charge is -2.14. The molecule has 0 spiro atoms. The van der Waals surface area contributed by atoms with Gasteiger partial charge in [-0.05, 0) is 37.0 Å². The summed E-state index contributed by atoms with van der Waals surface area (Å²) in [7, 11) is 0. The summed E-state index contributed by atoms with van der Waals surface area (Å²) in [6, 6.07) is 6.98. The van der Waals surface area contributed by atoms with Crippen molar-refractivity contribution in [2.75, 3.05) is 13.2 Å². The molecule has 2 unspecified atom stereocenters. The first-order valence-corrected chi connectivity index (χ1v) is 6.31. The average molecular weight is 249 g/mol. The van der Waals surface area contributed by atoms with Crippen molar-refractivity contribution >= 4 is 5.97 Å². The topological polar surface area (TPSA) is 58.6 Å². The van der Waals surface area contributed by atoms with Gasteiger partial charge in [0.25, 0.3) is 0 Å². The molecule has 1 aliphatic rings. The number of rotatable bonds is 5. The minimum atomic E-state index is -0.883. The summed E-state index contributed by atoms with van der Waals surface area (Å²) >= 11 is 0. The Kier molecular flexibility index (Phi) is 4.33. The highest BCUT2D eigenvalue weighted by Crippen LogP contribution is 2.19. The average Bonchev–Trinajstić information content (AvgIpc) is 2.76. The molecule has 1 aromatic carbocycles. The summed E-state index contributed by atoms with van der Waals surface area (Å²) in [6.07, 6.45) is 1.46. The van der Waals surface area contributed by atoms with Crippen molar-refractivity contribution < 1.29 is 14.6 Å². The van der Waals surface area contributed by atoms with Crippen LogP contribution < -0.4 is 5.32 Å². The van der Waals surface area contributed by atoms with Gasteiger partial charge in [0.1, 0.15) is 0 Å². The van der Waals surface area contributed by atoms with E-state index in [1.54, 1.807) is 12.1 Å². The molecule has 1 heterocycles. The number of aromatic carboxylic acids is 1. The molecule has 0 aliphatic carbocycles. The van der Waals surface area contributed by atoms with Crippen LogP contribution in [0.25, 0.3) is 0 Å². The summed E-state index contributed by atoms with van der Waals surface area (Å²) in [5, 5.41) is 12.2. The van der Waals surface area contributed by atoms with Crippen LogP contribution in [0.3, 0.4) is 0 Å². The zero-order valence-corrected chi connectivity index (χ0v) is 10.6. The number of carboxylic acid groups (broad SMARTS) is 1. The largest absolute Gasteiger partial charge is 0.478 e. The van der Waals surface area contributed by atoms with E-state index in [1.165, 1.54) is 0 Å². The van der Waals surface area contributed by atoms with Crippen molar-refractivity contribution in [3.05, 3.63) is 35.4 Å². The quantitative estimate of drug-likeness (QED) is 0.836. The minimum Gasteiger partial charge on any atom is -0.478 e. The zero-order chi connectivity index (χ0) is 13.0. The van der Waals surface area contributed by atoms with Crippen molar-refractivity contribution in [2.45, 2.75) is 26.0 Å². The Hall–Kier alpha value is -1.39. The lowest BCUT2D eigenvalue weighted by Crippen LogP contribution is -2.26. The van der Waals surface area contributed by atoms with Gasteiger partial charge in [0.05, 0.1) is 11.7 Å². The second-order valence-corrected chi connectivity index (χ2v) is 4.76. The molecule has 1 aromatic rings. The number of benzene rings is 1. The third-order valence-electron chi connectivity index (χ3n) is 3.47. The van der Waals surface area contributed by atoms with Crippen molar-refractivity contribution in [2.24, 2.45) is 5.92 Å². The summed E-state index contributed by atoms with van der Waals surface area (Å²) in [6.45, 7) is 4.69. The number of hydrogen-bond acceptors (Lipinski definition) is 3. The van der Waals surface area contributed by atoms with E-state index in [2.05, 4.69) is 12.2 Å². The molecule has 0 radical (unpaired) electrons. The molecule has 0 aromatic heterocycles. The molecule has 0 saturated carbocycles. The smallest absolute Gasteiger partial charge is 0.335 e. The molecule has 4 heteroatoms. The normalized spacial score (nSPS) is 23.2. The van der Waals surface area contributed by atoms with E-state index < -0.39 is 5.97 Å². The molecule has 1 fully saturated rings. The Bertz CT molecular complexity index is 402. The van der Waals surface area contributed by atoms with Crippen LogP contribution in [0.4, 0.5) is 0 Å². The van der Waals surface area contributed by atoms with Crippen LogP contribution in [0, 0.1) is 5.92 Å². The Morgan fingerprint density at radius 3 is 2.72 bits per heavy atom. The fraction of sp³-hybridized carbons (Fsp3) is 0.500. The molecule has 98 valence electrons. The van der Waals surface area contributed by atoms with E-state index in [0.29, 0.717) is 17.6 Å². The number of nitrogens with one attached hydrogen (secondary N) is 1. The highest BCUT2D eigenvalue weighted by Gasteiger charge is 2.23. The molecule has 18 heavy (non-hydrogen) atoms. The maximum absolute atomic E-state index is 10.7. The van der Waals surface area contributed by atoms with Crippen LogP contribution in [0.1, 0.15) is 29.3 Å². The molecule has 1 aliphatic heterocycles. The number of hydrogen-bond donors (Lipinski definition) is 2. The van der Waals surface area contributed by atoms with E-state index in [-0.39, 0.29) is 0 Å². The fourth-order valence-corrected chi connectivity index (χ4v) is 2.21. The highest BCUT2D eigenvalue weighted by molar-refractivity contribution is 5.87. The van der Waals surface area contributed by atoms with Crippen LogP contribution >= 0.6 is 0 Å². The van der Waals surface area contributed by atoms with Gasteiger partial charge in [0.15, 0.2) is 0 Å². The first-order chi connectivity index (χ1) is 8.66. The molecule has 4 nitrogen and oxygen atoms in total. The van der Waals surface area contributed by atoms with Gasteiger partial charge in [-0.2, -0.15) is 0 Å². The molecular formula is C14H19NO3. The van der Waals surface area contributed by atoms with Crippen molar-refractivity contribution in [3.63, 3.8) is 0 Å². The molecule has 0 bridgehead atoms. The lowest BCUT2D eigenvalue weighted by atomic mass is 10.0. The van der Waals surface area contributed by atoms with E-state index >= 15 is 0 Å². The van der Waals surface area contributed by atoms with Crippen LogP contribution in [-0.2, 0) is 11.3 Å². The van der Waals surface area contributed by atoms with Gasteiger partial charge in [-0.1, -0.05) is 12.1 Å². The summed E-state index contributed by atoms with van der Waals surface area (Å²) in [5.41, 5.74) is 1.43. The first-order valence-electron chi connectivity index (χ1n) is 6.31. The number of carbonyl (C=O) groups is 1. The lowest BCUT2D eigenvalue weighted by molar-refractivity contribution is 0.0697. The number of carboxylic acids is 1. The van der Waals surface area contributed by atoms with Crippen LogP contribution in [-0.4, -0.2) is 30.3 Å². The van der Waals surface area contributed by atoms with Crippen molar-refractivity contribution in [1.29, 1.82) is 0 Å². The summed E-state index contributed by atoms with van der Waals surface area (Å²) in [5.74, 6) is -0.297. The van der Waals surface area contributed by atoms with E-state index in [9.17, 15) is 4.79 Å². The predicted octanol–water partition coefficient (Wildman–Crippen LogP) is 1.90. The van der Waals surface area contributed by atoms with E-state index in [4.69, 9.17) is 9.84 Å². The maximum Gasteiger partial charge on any atom is 0.335 e. The third-order valence-corrected chi connectivity index (χ3v) is 3.47. The first kappa shape index (κ1) is 13.1. The Morgan fingerprint density at radius 2 is 2.17 bits per heavy atom. The highest BCUT2D eigenvalue weighted by atomic mass is 16.5. The van der Waals surface area contributed by atoms with Gasteiger partial charge >= 0.3 is 5.97 Å². The molecule has 1 saturated heterocycles. The Labute approximate surface area is 107 Å². The summed E-state index contributed by atoms with van der Waals surface area (Å²) in [4.78, 5) is 10.7. The maximum atomic E-state index is 10.7. The molecule has 2 rings (SSSR count). The molecule has 0 amide bonds. The van der Waals surface area contributed by atoms with Crippen LogP contribution in [0.2, 0.25) is 0 Å². The second kappa shape index (κ2) is 5.98. The van der Waals surface area contributed by atoms with Gasteiger partial charge in [-0.15, -0.1) is 0 Å². The monoisotopic (exact) mass is 249 g/mol. The fourth-order valence-electron chi connectivity index (χ4n) is 2.21. The summed E-state index contributed by atoms with van der Waals surface area (Å²) < 4.78 is 5.50. The van der Waals surface area contributed by atoms with E-state index in [1.807, 2.05) is 12.1 Å². The third kappa shape index (κ3) is 3.31. The molecule has 2 atom stereocenters. The SMILES string of the molecule is CC1OCCC1CNCc1ccc(C(=O)O)cc1. The van der Waals surface area contributed by atoms with Crippen LogP contribution in [0.15, 0.2) is 24.3 Å². The molecular weight excluding hydrogens is 230 g/mol. The van der Waals surface area contributed by atoms with Gasteiger partial charge in [0, 0.05) is 19.7 Å². The Morgan fingerprint density at radius 1 is 1.44 bits per heavy atom. The minimum absolute atomic E-state index is 0.330. The van der Waals surface area contributed by atoms with Gasteiger partial charge in [-0.25, -0.2) is 4.79 Å². The van der Waals surface area contributed by atoms with Crippen molar-refractivity contribution in [3.8, 4) is 0 Å².